The number of hydrogen-bond acceptors (Lipinski definition) is 3. The number of sulfonamides is 1. The van der Waals surface area contributed by atoms with Crippen LogP contribution in [0.15, 0.2) is 23.1 Å². The van der Waals surface area contributed by atoms with Gasteiger partial charge in [0.15, 0.2) is 0 Å². The average Bonchev–Trinajstić information content (AvgIpc) is 2.28. The van der Waals surface area contributed by atoms with Crippen molar-refractivity contribution in [2.24, 2.45) is 0 Å². The number of halogens is 2. The highest BCUT2D eigenvalue weighted by atomic mass is 35.5. The van der Waals surface area contributed by atoms with Crippen molar-refractivity contribution in [1.82, 2.24) is 4.72 Å². The summed E-state index contributed by atoms with van der Waals surface area (Å²) in [5.74, 6) is -1.72. The van der Waals surface area contributed by atoms with Crippen LogP contribution in [0.1, 0.15) is 0 Å². The molecular weight excluding hydrogens is 271 g/mol. The molecule has 0 aliphatic carbocycles. The summed E-state index contributed by atoms with van der Waals surface area (Å²) in [6.07, 6.45) is 0. The van der Waals surface area contributed by atoms with E-state index in [1.54, 1.807) is 0 Å². The van der Waals surface area contributed by atoms with Gasteiger partial charge in [0.2, 0.25) is 15.9 Å². The molecular formula is C9H10ClFN2O3S. The Balaban J connectivity index is 3.07. The first-order valence-corrected chi connectivity index (χ1v) is 6.51. The van der Waals surface area contributed by atoms with Crippen molar-refractivity contribution in [1.29, 1.82) is 0 Å². The maximum atomic E-state index is 13.5. The van der Waals surface area contributed by atoms with Crippen molar-refractivity contribution in [2.45, 2.75) is 4.90 Å². The predicted molar refractivity (Wildman–Crippen MR) is 62.0 cm³/mol. The summed E-state index contributed by atoms with van der Waals surface area (Å²) in [6, 6.07) is 3.25. The fraction of sp³-hybridized carbons (Fsp3) is 0.222. The molecule has 1 aromatic carbocycles. The zero-order valence-electron chi connectivity index (χ0n) is 8.83. The monoisotopic (exact) mass is 280 g/mol. The summed E-state index contributed by atoms with van der Waals surface area (Å²) >= 11 is 5.26. The Bertz CT molecular complexity index is 533. The first-order chi connectivity index (χ1) is 7.90. The number of carbonyl (C=O) groups excluding carboxylic acids is 1. The van der Waals surface area contributed by atoms with Crippen LogP contribution in [0.3, 0.4) is 0 Å². The van der Waals surface area contributed by atoms with Crippen LogP contribution < -0.4 is 10.0 Å². The molecule has 0 heterocycles. The number of anilines is 1. The third-order valence-electron chi connectivity index (χ3n) is 1.90. The van der Waals surface area contributed by atoms with Crippen LogP contribution in [0.25, 0.3) is 0 Å². The van der Waals surface area contributed by atoms with Crippen molar-refractivity contribution < 1.29 is 17.6 Å². The van der Waals surface area contributed by atoms with E-state index < -0.39 is 26.6 Å². The molecule has 0 saturated carbocycles. The third kappa shape index (κ3) is 3.39. The van der Waals surface area contributed by atoms with Crippen molar-refractivity contribution in [3.8, 4) is 0 Å². The predicted octanol–water partition coefficient (Wildman–Crippen LogP) is 0.911. The molecule has 0 saturated heterocycles. The molecule has 2 N–H and O–H groups in total. The molecule has 0 radical (unpaired) electrons. The molecule has 1 amide bonds. The smallest absolute Gasteiger partial charge is 0.243 e. The SMILES string of the molecule is CNS(=O)(=O)c1ccc(NC(=O)CCl)cc1F. The van der Waals surface area contributed by atoms with Gasteiger partial charge in [0.25, 0.3) is 0 Å². The molecule has 0 aromatic heterocycles. The summed E-state index contributed by atoms with van der Waals surface area (Å²) in [4.78, 5) is 10.5. The van der Waals surface area contributed by atoms with Crippen LogP contribution in [0.4, 0.5) is 10.1 Å². The van der Waals surface area contributed by atoms with Crippen molar-refractivity contribution in [3.05, 3.63) is 24.0 Å². The Morgan fingerprint density at radius 3 is 2.59 bits per heavy atom. The second kappa shape index (κ2) is 5.44. The third-order valence-corrected chi connectivity index (χ3v) is 3.59. The minimum Gasteiger partial charge on any atom is -0.325 e. The topological polar surface area (TPSA) is 75.3 Å². The van der Waals surface area contributed by atoms with Crippen molar-refractivity contribution in [3.63, 3.8) is 0 Å². The fourth-order valence-electron chi connectivity index (χ4n) is 1.10. The molecule has 0 unspecified atom stereocenters. The van der Waals surface area contributed by atoms with E-state index in [1.807, 2.05) is 4.72 Å². The van der Waals surface area contributed by atoms with Crippen LogP contribution in [-0.2, 0) is 14.8 Å². The number of alkyl halides is 1. The molecule has 8 heteroatoms. The number of rotatable bonds is 4. The Hall–Kier alpha value is -1.18. The summed E-state index contributed by atoms with van der Waals surface area (Å²) in [5.41, 5.74) is 0.142. The molecule has 1 aromatic rings. The number of nitrogens with one attached hydrogen (secondary N) is 2. The maximum Gasteiger partial charge on any atom is 0.243 e. The van der Waals surface area contributed by atoms with E-state index in [9.17, 15) is 17.6 Å². The second-order valence-corrected chi connectivity index (χ2v) is 5.16. The van der Waals surface area contributed by atoms with E-state index in [4.69, 9.17) is 11.6 Å². The highest BCUT2D eigenvalue weighted by Crippen LogP contribution is 2.18. The fourth-order valence-corrected chi connectivity index (χ4v) is 1.95. The number of benzene rings is 1. The summed E-state index contributed by atoms with van der Waals surface area (Å²) in [7, 11) is -2.66. The zero-order valence-corrected chi connectivity index (χ0v) is 10.4. The Labute approximate surface area is 103 Å². The first kappa shape index (κ1) is 13.9. The van der Waals surface area contributed by atoms with Gasteiger partial charge >= 0.3 is 0 Å². The standard InChI is InChI=1S/C9H10ClFN2O3S/c1-12-17(15,16)8-3-2-6(4-7(8)11)13-9(14)5-10/h2-4,12H,5H2,1H3,(H,13,14). The van der Waals surface area contributed by atoms with Crippen LogP contribution >= 0.6 is 11.6 Å². The number of hydrogen-bond donors (Lipinski definition) is 2. The first-order valence-electron chi connectivity index (χ1n) is 4.49. The lowest BCUT2D eigenvalue weighted by atomic mass is 10.3. The van der Waals surface area contributed by atoms with Gasteiger partial charge in [-0.2, -0.15) is 0 Å². The van der Waals surface area contributed by atoms with E-state index in [0.717, 1.165) is 12.1 Å². The Morgan fingerprint density at radius 1 is 1.47 bits per heavy atom. The Kier molecular flexibility index (Phi) is 4.44. The molecule has 0 bridgehead atoms. The van der Waals surface area contributed by atoms with Gasteiger partial charge in [-0.25, -0.2) is 17.5 Å². The largest absolute Gasteiger partial charge is 0.325 e. The van der Waals surface area contributed by atoms with Gasteiger partial charge in [-0.05, 0) is 25.2 Å². The normalized spacial score (nSPS) is 11.2. The Morgan fingerprint density at radius 2 is 2.12 bits per heavy atom. The minimum atomic E-state index is -3.84. The van der Waals surface area contributed by atoms with Gasteiger partial charge in [0.05, 0.1) is 0 Å². The van der Waals surface area contributed by atoms with Crippen molar-refractivity contribution >= 4 is 33.2 Å². The molecule has 0 atom stereocenters. The van der Waals surface area contributed by atoms with Gasteiger partial charge in [-0.15, -0.1) is 11.6 Å². The lowest BCUT2D eigenvalue weighted by Crippen LogP contribution is -2.20. The summed E-state index contributed by atoms with van der Waals surface area (Å²) in [6.45, 7) is 0. The maximum absolute atomic E-state index is 13.5. The highest BCUT2D eigenvalue weighted by molar-refractivity contribution is 7.89. The quantitative estimate of drug-likeness (QED) is 0.805. The molecule has 17 heavy (non-hydrogen) atoms. The molecule has 1 rings (SSSR count). The molecule has 5 nitrogen and oxygen atoms in total. The zero-order chi connectivity index (χ0) is 13.1. The highest BCUT2D eigenvalue weighted by Gasteiger charge is 2.17. The molecule has 94 valence electrons. The summed E-state index contributed by atoms with van der Waals surface area (Å²) in [5, 5.41) is 2.30. The van der Waals surface area contributed by atoms with E-state index in [-0.39, 0.29) is 11.6 Å². The van der Waals surface area contributed by atoms with E-state index in [0.29, 0.717) is 0 Å². The van der Waals surface area contributed by atoms with Crippen LogP contribution in [-0.4, -0.2) is 27.3 Å². The second-order valence-electron chi connectivity index (χ2n) is 3.03. The molecule has 0 fully saturated rings. The average molecular weight is 281 g/mol. The summed E-state index contributed by atoms with van der Waals surface area (Å²) < 4.78 is 38.2. The lowest BCUT2D eigenvalue weighted by molar-refractivity contribution is -0.113. The van der Waals surface area contributed by atoms with Crippen molar-refractivity contribution in [2.75, 3.05) is 18.2 Å². The number of amides is 1. The van der Waals surface area contributed by atoms with E-state index in [2.05, 4.69) is 5.32 Å². The van der Waals surface area contributed by atoms with Crippen LogP contribution in [0.5, 0.6) is 0 Å². The van der Waals surface area contributed by atoms with E-state index in [1.165, 1.54) is 13.1 Å². The van der Waals surface area contributed by atoms with E-state index >= 15 is 0 Å². The van der Waals surface area contributed by atoms with Gasteiger partial charge in [0, 0.05) is 5.69 Å². The van der Waals surface area contributed by atoms with Gasteiger partial charge < -0.3 is 5.32 Å². The lowest BCUT2D eigenvalue weighted by Gasteiger charge is -2.07. The molecule has 0 spiro atoms. The molecule has 0 aliphatic rings. The van der Waals surface area contributed by atoms with Crippen LogP contribution in [0.2, 0.25) is 0 Å². The van der Waals surface area contributed by atoms with Gasteiger partial charge in [0.1, 0.15) is 16.6 Å². The van der Waals surface area contributed by atoms with Gasteiger partial charge in [-0.3, -0.25) is 4.79 Å². The van der Waals surface area contributed by atoms with Gasteiger partial charge in [-0.1, -0.05) is 0 Å². The molecule has 0 aliphatic heterocycles. The van der Waals surface area contributed by atoms with Crippen LogP contribution in [0, 0.1) is 5.82 Å². The number of carbonyl (C=O) groups is 1. The minimum absolute atomic E-state index is 0.142.